The number of hydrogen-bond donors (Lipinski definition) is 2. The summed E-state index contributed by atoms with van der Waals surface area (Å²) in [6.45, 7) is 0.973. The van der Waals surface area contributed by atoms with E-state index in [1.54, 1.807) is 30.0 Å². The molecular formula is C19H22N2O4S. The summed E-state index contributed by atoms with van der Waals surface area (Å²) in [5.74, 6) is 0.666. The Bertz CT molecular complexity index is 777. The van der Waals surface area contributed by atoms with Crippen LogP contribution in [-0.4, -0.2) is 30.3 Å². The molecule has 0 aromatic heterocycles. The van der Waals surface area contributed by atoms with E-state index in [0.717, 1.165) is 25.7 Å². The number of ether oxygens (including phenoxy) is 2. The molecule has 0 unspecified atom stereocenters. The number of fused-ring (bicyclic) bond motifs is 2. The van der Waals surface area contributed by atoms with E-state index < -0.39 is 5.91 Å². The van der Waals surface area contributed by atoms with Gasteiger partial charge in [-0.3, -0.25) is 9.59 Å². The first-order valence-electron chi connectivity index (χ1n) is 9.05. The van der Waals surface area contributed by atoms with Crippen LogP contribution in [0.4, 0.5) is 0 Å². The number of benzene rings is 1. The summed E-state index contributed by atoms with van der Waals surface area (Å²) in [4.78, 5) is 24.8. The molecular weight excluding hydrogens is 352 g/mol. The van der Waals surface area contributed by atoms with E-state index in [9.17, 15) is 9.59 Å². The average molecular weight is 374 g/mol. The van der Waals surface area contributed by atoms with Crippen molar-refractivity contribution in [2.45, 2.75) is 37.4 Å². The van der Waals surface area contributed by atoms with Gasteiger partial charge < -0.3 is 20.5 Å². The van der Waals surface area contributed by atoms with Crippen LogP contribution < -0.4 is 20.5 Å². The minimum Gasteiger partial charge on any atom is -0.486 e. The number of rotatable bonds is 3. The van der Waals surface area contributed by atoms with Gasteiger partial charge in [-0.25, -0.2) is 0 Å². The van der Waals surface area contributed by atoms with E-state index in [-0.39, 0.29) is 11.8 Å². The summed E-state index contributed by atoms with van der Waals surface area (Å²) in [7, 11) is 0. The number of hydrogen-bond acceptors (Lipinski definition) is 5. The van der Waals surface area contributed by atoms with Crippen LogP contribution in [0.3, 0.4) is 0 Å². The van der Waals surface area contributed by atoms with Crippen LogP contribution in [0.2, 0.25) is 0 Å². The van der Waals surface area contributed by atoms with Crippen molar-refractivity contribution >= 4 is 23.6 Å². The second-order valence-electron chi connectivity index (χ2n) is 6.82. The van der Waals surface area contributed by atoms with Crippen LogP contribution >= 0.6 is 11.8 Å². The van der Waals surface area contributed by atoms with Crippen molar-refractivity contribution in [2.24, 2.45) is 11.7 Å². The molecule has 138 valence electrons. The molecule has 6 nitrogen and oxygen atoms in total. The van der Waals surface area contributed by atoms with Crippen molar-refractivity contribution in [3.63, 3.8) is 0 Å². The summed E-state index contributed by atoms with van der Waals surface area (Å²) < 4.78 is 11.0. The standard InChI is InChI=1S/C19H22N2O4S/c20-17(22)16-12-4-2-1-3-5-15(12)26-19(16)21-18(23)11-6-7-13-14(10-11)25-9-8-24-13/h6-7,10,12,15H,1-5,8-9H2,(H2,20,22)(H,21,23)/t12-,15+/m1/s1. The van der Waals surface area contributed by atoms with E-state index in [2.05, 4.69) is 5.32 Å². The van der Waals surface area contributed by atoms with Crippen molar-refractivity contribution in [3.8, 4) is 11.5 Å². The third-order valence-corrected chi connectivity index (χ3v) is 6.56. The highest BCUT2D eigenvalue weighted by Crippen LogP contribution is 2.47. The molecule has 1 fully saturated rings. The molecule has 3 aliphatic rings. The normalized spacial score (nSPS) is 24.6. The van der Waals surface area contributed by atoms with E-state index in [1.165, 1.54) is 6.42 Å². The molecule has 26 heavy (non-hydrogen) atoms. The largest absolute Gasteiger partial charge is 0.486 e. The number of carbonyl (C=O) groups is 2. The summed E-state index contributed by atoms with van der Waals surface area (Å²) in [6.07, 6.45) is 5.46. The lowest BCUT2D eigenvalue weighted by Crippen LogP contribution is -2.27. The van der Waals surface area contributed by atoms with Gasteiger partial charge in [0.05, 0.1) is 10.6 Å². The number of amides is 2. The Morgan fingerprint density at radius 3 is 2.65 bits per heavy atom. The lowest BCUT2D eigenvalue weighted by Gasteiger charge is -2.18. The smallest absolute Gasteiger partial charge is 0.256 e. The summed E-state index contributed by atoms with van der Waals surface area (Å²) >= 11 is 1.59. The number of thioether (sulfide) groups is 1. The minimum atomic E-state index is -0.427. The zero-order valence-electron chi connectivity index (χ0n) is 14.5. The number of nitrogens with two attached hydrogens (primary N) is 1. The van der Waals surface area contributed by atoms with Crippen molar-refractivity contribution < 1.29 is 19.1 Å². The van der Waals surface area contributed by atoms with Gasteiger partial charge in [-0.2, -0.15) is 0 Å². The van der Waals surface area contributed by atoms with Crippen LogP contribution in [0, 0.1) is 5.92 Å². The molecule has 0 saturated heterocycles. The molecule has 1 aromatic rings. The molecule has 7 heteroatoms. The van der Waals surface area contributed by atoms with Crippen molar-refractivity contribution in [1.29, 1.82) is 0 Å². The van der Waals surface area contributed by atoms with Gasteiger partial charge in [0, 0.05) is 16.7 Å². The maximum atomic E-state index is 12.7. The Labute approximate surface area is 156 Å². The lowest BCUT2D eigenvalue weighted by molar-refractivity contribution is -0.115. The van der Waals surface area contributed by atoms with E-state index >= 15 is 0 Å². The minimum absolute atomic E-state index is 0.149. The Kier molecular flexibility index (Phi) is 4.80. The quantitative estimate of drug-likeness (QED) is 0.849. The van der Waals surface area contributed by atoms with Crippen molar-refractivity contribution in [2.75, 3.05) is 13.2 Å². The molecule has 4 rings (SSSR count). The maximum Gasteiger partial charge on any atom is 0.256 e. The lowest BCUT2D eigenvalue weighted by atomic mass is 9.91. The molecule has 2 heterocycles. The Morgan fingerprint density at radius 1 is 1.08 bits per heavy atom. The second-order valence-corrected chi connectivity index (χ2v) is 8.07. The zero-order chi connectivity index (χ0) is 18.1. The molecule has 2 amide bonds. The number of primary amides is 1. The first kappa shape index (κ1) is 17.3. The van der Waals surface area contributed by atoms with Crippen molar-refractivity contribution in [1.82, 2.24) is 5.32 Å². The first-order valence-corrected chi connectivity index (χ1v) is 9.93. The van der Waals surface area contributed by atoms with Gasteiger partial charge in [-0.15, -0.1) is 11.8 Å². The van der Waals surface area contributed by atoms with Crippen LogP contribution in [-0.2, 0) is 4.79 Å². The highest BCUT2D eigenvalue weighted by Gasteiger charge is 2.39. The molecule has 3 N–H and O–H groups in total. The van der Waals surface area contributed by atoms with Gasteiger partial charge in [0.2, 0.25) is 5.91 Å². The highest BCUT2D eigenvalue weighted by atomic mass is 32.2. The summed E-state index contributed by atoms with van der Waals surface area (Å²) in [6, 6.07) is 5.11. The Morgan fingerprint density at radius 2 is 1.85 bits per heavy atom. The fraction of sp³-hybridized carbons (Fsp3) is 0.474. The predicted molar refractivity (Wildman–Crippen MR) is 99.1 cm³/mol. The molecule has 1 aromatic carbocycles. The van der Waals surface area contributed by atoms with E-state index in [1.807, 2.05) is 0 Å². The summed E-state index contributed by atoms with van der Waals surface area (Å²) in [5, 5.41) is 3.87. The van der Waals surface area contributed by atoms with E-state index in [4.69, 9.17) is 15.2 Å². The predicted octanol–water partition coefficient (Wildman–Crippen LogP) is 2.58. The molecule has 2 aliphatic heterocycles. The third kappa shape index (κ3) is 3.28. The van der Waals surface area contributed by atoms with Gasteiger partial charge in [-0.05, 0) is 31.0 Å². The number of carbonyl (C=O) groups excluding carboxylic acids is 2. The fourth-order valence-corrected chi connectivity index (χ4v) is 5.43. The van der Waals surface area contributed by atoms with Crippen LogP contribution in [0.1, 0.15) is 42.5 Å². The average Bonchev–Trinajstić information content (AvgIpc) is 2.82. The molecule has 0 bridgehead atoms. The first-order chi connectivity index (χ1) is 12.6. The van der Waals surface area contributed by atoms with Gasteiger partial charge in [0.15, 0.2) is 11.5 Å². The molecule has 1 aliphatic carbocycles. The second kappa shape index (κ2) is 7.23. The van der Waals surface area contributed by atoms with Crippen molar-refractivity contribution in [3.05, 3.63) is 34.4 Å². The van der Waals surface area contributed by atoms with Crippen LogP contribution in [0.15, 0.2) is 28.8 Å². The topological polar surface area (TPSA) is 90.7 Å². The van der Waals surface area contributed by atoms with Gasteiger partial charge in [0.25, 0.3) is 5.91 Å². The van der Waals surface area contributed by atoms with Gasteiger partial charge in [0.1, 0.15) is 13.2 Å². The zero-order valence-corrected chi connectivity index (χ0v) is 15.3. The van der Waals surface area contributed by atoms with Crippen LogP contribution in [0.5, 0.6) is 11.5 Å². The van der Waals surface area contributed by atoms with Gasteiger partial charge >= 0.3 is 0 Å². The summed E-state index contributed by atoms with van der Waals surface area (Å²) in [5.41, 5.74) is 6.71. The Hall–Kier alpha value is -2.15. The third-order valence-electron chi connectivity index (χ3n) is 5.13. The van der Waals surface area contributed by atoms with E-state index in [0.29, 0.717) is 46.1 Å². The van der Waals surface area contributed by atoms with Crippen LogP contribution in [0.25, 0.3) is 0 Å². The molecule has 0 radical (unpaired) electrons. The van der Waals surface area contributed by atoms with Gasteiger partial charge in [-0.1, -0.05) is 19.3 Å². The maximum absolute atomic E-state index is 12.7. The number of nitrogens with one attached hydrogen (secondary N) is 1. The SMILES string of the molecule is NC(=O)C1=C(NC(=O)c2ccc3c(c2)OCCO3)S[C@H]2CCCCC[C@@H]12. The molecule has 1 saturated carbocycles. The molecule has 2 atom stereocenters. The fourth-order valence-electron chi connectivity index (χ4n) is 3.88. The highest BCUT2D eigenvalue weighted by molar-refractivity contribution is 8.04. The Balaban J connectivity index is 1.56. The monoisotopic (exact) mass is 374 g/mol. The molecule has 0 spiro atoms.